The quantitative estimate of drug-likeness (QED) is 0.218. The summed E-state index contributed by atoms with van der Waals surface area (Å²) >= 11 is 10.2. The number of hydrogen-bond donors (Lipinski definition) is 0. The summed E-state index contributed by atoms with van der Waals surface area (Å²) in [4.78, 5) is 14.6. The van der Waals surface area contributed by atoms with Crippen LogP contribution in [0.25, 0.3) is 0 Å². The molecule has 3 aromatic rings. The summed E-state index contributed by atoms with van der Waals surface area (Å²) in [6.07, 6.45) is 1.48. The lowest BCUT2D eigenvalue weighted by Crippen LogP contribution is -2.55. The molecule has 2 aliphatic heterocycles. The van der Waals surface area contributed by atoms with E-state index >= 15 is 0 Å². The summed E-state index contributed by atoms with van der Waals surface area (Å²) in [7, 11) is 1.75. The first kappa shape index (κ1) is 23.7. The molecule has 0 aliphatic carbocycles. The van der Waals surface area contributed by atoms with Crippen LogP contribution in [0.2, 0.25) is 5.02 Å². The normalized spacial score (nSPS) is 26.2. The van der Waals surface area contributed by atoms with Crippen LogP contribution in [-0.4, -0.2) is 27.0 Å². The van der Waals surface area contributed by atoms with Crippen molar-refractivity contribution < 1.29 is 4.79 Å². The van der Waals surface area contributed by atoms with Gasteiger partial charge in [0.25, 0.3) is 0 Å². The number of piperidine rings is 2. The van der Waals surface area contributed by atoms with E-state index in [-0.39, 0.29) is 24.0 Å². The largest absolute Gasteiger partial charge is 0.299 e. The van der Waals surface area contributed by atoms with Gasteiger partial charge in [0, 0.05) is 62.1 Å². The van der Waals surface area contributed by atoms with Gasteiger partial charge in [0.05, 0.1) is 6.04 Å². The third-order valence-electron chi connectivity index (χ3n) is 6.58. The Kier molecular flexibility index (Phi) is 7.69. The van der Waals surface area contributed by atoms with E-state index in [0.717, 1.165) is 22.9 Å². The summed E-state index contributed by atoms with van der Waals surface area (Å²) < 4.78 is 4.90. The molecule has 0 bridgehead atoms. The van der Waals surface area contributed by atoms with Gasteiger partial charge in [-0.2, -0.15) is 0 Å². The van der Waals surface area contributed by atoms with Crippen LogP contribution < -0.4 is 0 Å². The van der Waals surface area contributed by atoms with Crippen LogP contribution in [0.1, 0.15) is 36.1 Å². The summed E-state index contributed by atoms with van der Waals surface area (Å²) in [5, 5.41) is 0.738. The molecule has 3 nitrogen and oxygen atoms in total. The molecule has 0 N–H and O–H groups in total. The molecule has 3 aromatic carbocycles. The van der Waals surface area contributed by atoms with E-state index in [1.54, 1.807) is 21.1 Å². The van der Waals surface area contributed by atoms with Gasteiger partial charge in [-0.15, -0.1) is 0 Å². The maximum atomic E-state index is 13.5. The lowest BCUT2D eigenvalue weighted by molar-refractivity contribution is -0.131. The van der Waals surface area contributed by atoms with E-state index in [4.69, 9.17) is 11.6 Å². The van der Waals surface area contributed by atoms with Gasteiger partial charge in [0.2, 0.25) is 0 Å². The molecule has 2 aliphatic rings. The standard InChI is InChI=1S/C26H24ClIN2OS2/c27-20-11-13-21(14-12-20)32-29-17-22-25(15-23(29)18-7-3-1-4-8-18)30(33-28)24(16-26(22)31)19-9-5-2-6-10-19/h1-14,22-25H,15-17H2/t22-,23?,24?,25+/m1/s1. The maximum absolute atomic E-state index is 13.5. The monoisotopic (exact) mass is 606 g/mol. The molecule has 33 heavy (non-hydrogen) atoms. The van der Waals surface area contributed by atoms with Crippen LogP contribution in [0.15, 0.2) is 89.8 Å². The highest BCUT2D eigenvalue weighted by Gasteiger charge is 2.48. The zero-order valence-electron chi connectivity index (χ0n) is 17.9. The second-order valence-corrected chi connectivity index (χ2v) is 11.8. The van der Waals surface area contributed by atoms with E-state index in [2.05, 4.69) is 96.5 Å². The van der Waals surface area contributed by atoms with Crippen molar-refractivity contribution in [2.24, 2.45) is 5.92 Å². The van der Waals surface area contributed by atoms with Crippen molar-refractivity contribution in [2.75, 3.05) is 6.54 Å². The van der Waals surface area contributed by atoms with Gasteiger partial charge in [-0.3, -0.25) is 4.79 Å². The van der Waals surface area contributed by atoms with E-state index in [0.29, 0.717) is 12.2 Å². The SMILES string of the molecule is O=C1CC(c2ccccc2)N(SI)[C@H]2CC(c3ccccc3)N(Sc3ccc(Cl)cc3)C[C@@H]12. The summed E-state index contributed by atoms with van der Waals surface area (Å²) in [6, 6.07) is 29.7. The minimum Gasteiger partial charge on any atom is -0.299 e. The molecule has 2 unspecified atom stereocenters. The van der Waals surface area contributed by atoms with Crippen molar-refractivity contribution in [3.63, 3.8) is 0 Å². The highest BCUT2D eigenvalue weighted by molar-refractivity contribution is 14.2. The lowest BCUT2D eigenvalue weighted by atomic mass is 9.77. The van der Waals surface area contributed by atoms with Gasteiger partial charge < -0.3 is 0 Å². The fraction of sp³-hybridized carbons (Fsp3) is 0.269. The van der Waals surface area contributed by atoms with Gasteiger partial charge >= 0.3 is 0 Å². The van der Waals surface area contributed by atoms with Gasteiger partial charge in [-0.25, -0.2) is 8.61 Å². The molecular formula is C26H24ClIN2OS2. The zero-order valence-corrected chi connectivity index (χ0v) is 22.4. The first-order valence-electron chi connectivity index (χ1n) is 11.0. The van der Waals surface area contributed by atoms with Crippen LogP contribution in [0.4, 0.5) is 0 Å². The van der Waals surface area contributed by atoms with E-state index < -0.39 is 0 Å². The van der Waals surface area contributed by atoms with Gasteiger partial charge in [-0.05, 0) is 62.9 Å². The predicted molar refractivity (Wildman–Crippen MR) is 147 cm³/mol. The number of nitrogens with zero attached hydrogens (tertiary/aromatic N) is 2. The number of carbonyl (C=O) groups excluding carboxylic acids is 1. The fourth-order valence-corrected chi connectivity index (χ4v) is 8.51. The summed E-state index contributed by atoms with van der Waals surface area (Å²) in [6.45, 7) is 0.742. The molecule has 0 saturated carbocycles. The molecule has 7 heteroatoms. The third kappa shape index (κ3) is 5.16. The molecular weight excluding hydrogens is 583 g/mol. The molecule has 5 rings (SSSR count). The maximum Gasteiger partial charge on any atom is 0.140 e. The van der Waals surface area contributed by atoms with Crippen molar-refractivity contribution in [1.82, 2.24) is 8.61 Å². The topological polar surface area (TPSA) is 23.6 Å². The van der Waals surface area contributed by atoms with Crippen molar-refractivity contribution in [3.8, 4) is 0 Å². The Bertz CT molecular complexity index is 1090. The highest BCUT2D eigenvalue weighted by atomic mass is 127. The molecule has 2 saturated heterocycles. The number of ketones is 1. The second kappa shape index (κ2) is 10.7. The molecule has 4 atom stereocenters. The van der Waals surface area contributed by atoms with Crippen LogP contribution in [0, 0.1) is 5.92 Å². The first-order chi connectivity index (χ1) is 16.1. The van der Waals surface area contributed by atoms with E-state index in [1.807, 2.05) is 18.2 Å². The number of fused-ring (bicyclic) bond motifs is 1. The highest BCUT2D eigenvalue weighted by Crippen LogP contribution is 2.50. The Hall–Kier alpha value is -1.03. The Balaban J connectivity index is 1.47. The molecule has 0 aromatic heterocycles. The van der Waals surface area contributed by atoms with Gasteiger partial charge in [0.1, 0.15) is 5.78 Å². The molecule has 170 valence electrons. The molecule has 2 fully saturated rings. The van der Waals surface area contributed by atoms with Crippen LogP contribution in [0.5, 0.6) is 0 Å². The number of hydrogen-bond acceptors (Lipinski definition) is 5. The minimum absolute atomic E-state index is 0.00647. The van der Waals surface area contributed by atoms with Crippen molar-refractivity contribution in [2.45, 2.75) is 35.9 Å². The third-order valence-corrected chi connectivity index (χ3v) is 10.0. The number of halogens is 2. The lowest BCUT2D eigenvalue weighted by Gasteiger charge is -2.51. The first-order valence-corrected chi connectivity index (χ1v) is 15.5. The van der Waals surface area contributed by atoms with Crippen molar-refractivity contribution >= 4 is 59.7 Å². The number of benzene rings is 3. The smallest absolute Gasteiger partial charge is 0.140 e. The Morgan fingerprint density at radius 2 is 1.45 bits per heavy atom. The number of Topliss-reactive ketones (excluding diaryl/α,β-unsaturated/α-hetero) is 1. The molecule has 0 amide bonds. The average molecular weight is 607 g/mol. The predicted octanol–water partition coefficient (Wildman–Crippen LogP) is 7.79. The number of rotatable bonds is 5. The summed E-state index contributed by atoms with van der Waals surface area (Å²) in [5.41, 5.74) is 2.52. The van der Waals surface area contributed by atoms with Crippen LogP contribution >= 0.6 is 53.9 Å². The van der Waals surface area contributed by atoms with Crippen LogP contribution in [-0.2, 0) is 4.79 Å². The van der Waals surface area contributed by atoms with Crippen molar-refractivity contribution in [1.29, 1.82) is 0 Å². The molecule has 0 radical (unpaired) electrons. The van der Waals surface area contributed by atoms with Crippen LogP contribution in [0.3, 0.4) is 0 Å². The second-order valence-electron chi connectivity index (χ2n) is 8.51. The fourth-order valence-electron chi connectivity index (χ4n) is 4.96. The minimum atomic E-state index is 0.00647. The zero-order chi connectivity index (χ0) is 22.8. The van der Waals surface area contributed by atoms with Gasteiger partial charge in [0.15, 0.2) is 0 Å². The van der Waals surface area contributed by atoms with E-state index in [1.165, 1.54) is 11.1 Å². The Morgan fingerprint density at radius 1 is 0.848 bits per heavy atom. The number of carbonyl (C=O) groups is 1. The molecule has 0 spiro atoms. The van der Waals surface area contributed by atoms with Gasteiger partial charge in [-0.1, -0.05) is 72.3 Å². The Morgan fingerprint density at radius 3 is 2.06 bits per heavy atom. The molecule has 2 heterocycles. The van der Waals surface area contributed by atoms with E-state index in [9.17, 15) is 4.79 Å². The Labute approximate surface area is 221 Å². The average Bonchev–Trinajstić information content (AvgIpc) is 2.86. The summed E-state index contributed by atoms with van der Waals surface area (Å²) in [5.74, 6) is 0.385. The van der Waals surface area contributed by atoms with Crippen molar-refractivity contribution in [3.05, 3.63) is 101 Å².